The number of halogens is 1. The van der Waals surface area contributed by atoms with Crippen molar-refractivity contribution in [3.05, 3.63) is 47.3 Å². The summed E-state index contributed by atoms with van der Waals surface area (Å²) < 4.78 is 15.9. The van der Waals surface area contributed by atoms with E-state index in [1.807, 2.05) is 11.6 Å². The molecular formula is C17H20FN5O2. The summed E-state index contributed by atoms with van der Waals surface area (Å²) in [5, 5.41) is 18.4. The quantitative estimate of drug-likeness (QED) is 0.872. The molecule has 0 bridgehead atoms. The summed E-state index contributed by atoms with van der Waals surface area (Å²) in [6.07, 6.45) is 0.276. The van der Waals surface area contributed by atoms with Gasteiger partial charge >= 0.3 is 0 Å². The summed E-state index contributed by atoms with van der Waals surface area (Å²) >= 11 is 0. The molecule has 2 aliphatic heterocycles. The third-order valence-electron chi connectivity index (χ3n) is 5.00. The maximum Gasteiger partial charge on any atom is 0.257 e. The van der Waals surface area contributed by atoms with Crippen molar-refractivity contribution in [1.82, 2.24) is 24.6 Å². The van der Waals surface area contributed by atoms with Crippen LogP contribution in [0.1, 0.15) is 34.5 Å². The maximum absolute atomic E-state index is 13.9. The van der Waals surface area contributed by atoms with Crippen molar-refractivity contribution < 1.29 is 14.3 Å². The summed E-state index contributed by atoms with van der Waals surface area (Å²) in [4.78, 5) is 16.2. The van der Waals surface area contributed by atoms with Gasteiger partial charge in [-0.2, -0.15) is 0 Å². The number of aliphatic hydroxyl groups is 1. The number of likely N-dealkylation sites (N-methyl/N-ethyl adjacent to an activating group) is 1. The molecular weight excluding hydrogens is 325 g/mol. The van der Waals surface area contributed by atoms with Crippen LogP contribution in [-0.2, 0) is 13.1 Å². The fraction of sp³-hybridized carbons (Fsp3) is 0.471. The van der Waals surface area contributed by atoms with Crippen LogP contribution in [0, 0.1) is 5.82 Å². The first-order valence-corrected chi connectivity index (χ1v) is 8.38. The highest BCUT2D eigenvalue weighted by atomic mass is 19.1. The maximum atomic E-state index is 13.9. The summed E-state index contributed by atoms with van der Waals surface area (Å²) in [5.74, 6) is 0.678. The lowest BCUT2D eigenvalue weighted by Crippen LogP contribution is -2.39. The Bertz CT molecular complexity index is 808. The molecule has 7 nitrogen and oxygen atoms in total. The van der Waals surface area contributed by atoms with Crippen molar-refractivity contribution in [3.8, 4) is 0 Å². The van der Waals surface area contributed by atoms with Gasteiger partial charge in [0.25, 0.3) is 5.91 Å². The van der Waals surface area contributed by atoms with Crippen LogP contribution in [0.2, 0.25) is 0 Å². The minimum Gasteiger partial charge on any atom is -0.392 e. The number of rotatable bonds is 2. The van der Waals surface area contributed by atoms with Gasteiger partial charge in [-0.25, -0.2) is 4.39 Å². The zero-order chi connectivity index (χ0) is 17.6. The van der Waals surface area contributed by atoms with E-state index < -0.39 is 5.82 Å². The number of aromatic nitrogens is 3. The smallest absolute Gasteiger partial charge is 0.257 e. The molecule has 0 unspecified atom stereocenters. The molecule has 1 saturated heterocycles. The Kier molecular flexibility index (Phi) is 4.01. The normalized spacial score (nSPS) is 23.7. The van der Waals surface area contributed by atoms with Crippen molar-refractivity contribution in [2.45, 2.75) is 31.7 Å². The van der Waals surface area contributed by atoms with Crippen LogP contribution < -0.4 is 0 Å². The fourth-order valence-corrected chi connectivity index (χ4v) is 3.68. The number of β-amino-alcohol motifs (C(OH)–C–C–N with tert-alkyl or cyclic N) is 1. The van der Waals surface area contributed by atoms with E-state index in [1.54, 1.807) is 17.0 Å². The molecule has 1 aromatic carbocycles. The highest BCUT2D eigenvalue weighted by Crippen LogP contribution is 2.31. The molecule has 0 aliphatic carbocycles. The lowest BCUT2D eigenvalue weighted by Gasteiger charge is -2.29. The third kappa shape index (κ3) is 2.81. The molecule has 132 valence electrons. The summed E-state index contributed by atoms with van der Waals surface area (Å²) in [5.41, 5.74) is 0.0781. The van der Waals surface area contributed by atoms with E-state index in [1.165, 1.54) is 12.1 Å². The monoisotopic (exact) mass is 345 g/mol. The first kappa shape index (κ1) is 16.2. The SMILES string of the molecule is CN1C[C@H](O)C[C@H]1c1nnc2n1CCN(C(=O)c1ccccc1F)C2. The Labute approximate surface area is 144 Å². The number of likely N-dealkylation sites (tertiary alicyclic amines) is 1. The number of aliphatic hydroxyl groups excluding tert-OH is 1. The number of nitrogens with zero attached hydrogens (tertiary/aromatic N) is 5. The van der Waals surface area contributed by atoms with Crippen LogP contribution >= 0.6 is 0 Å². The molecule has 1 N–H and O–H groups in total. The summed E-state index contributed by atoms with van der Waals surface area (Å²) in [6.45, 7) is 1.96. The molecule has 2 atom stereocenters. The Hall–Kier alpha value is -2.32. The molecule has 2 aromatic rings. The standard InChI is InChI=1S/C17H20FN5O2/c1-21-9-11(24)8-14(21)16-20-19-15-10-22(6-7-23(15)16)17(25)12-4-2-3-5-13(12)18/h2-5,11,14,24H,6-10H2,1H3/t11-,14+/m1/s1. The van der Waals surface area contributed by atoms with E-state index in [0.29, 0.717) is 38.4 Å². The first-order valence-electron chi connectivity index (χ1n) is 8.38. The minimum atomic E-state index is -0.512. The summed E-state index contributed by atoms with van der Waals surface area (Å²) in [7, 11) is 1.96. The van der Waals surface area contributed by atoms with Gasteiger partial charge in [-0.15, -0.1) is 10.2 Å². The average Bonchev–Trinajstić information content (AvgIpc) is 3.16. The molecule has 3 heterocycles. The van der Waals surface area contributed by atoms with E-state index in [4.69, 9.17) is 0 Å². The first-order chi connectivity index (χ1) is 12.0. The van der Waals surface area contributed by atoms with Gasteiger partial charge in [0.2, 0.25) is 0 Å². The molecule has 25 heavy (non-hydrogen) atoms. The Morgan fingerprint density at radius 3 is 2.80 bits per heavy atom. The summed E-state index contributed by atoms with van der Waals surface area (Å²) in [6, 6.07) is 6.04. The molecule has 0 spiro atoms. The van der Waals surface area contributed by atoms with Gasteiger partial charge in [-0.05, 0) is 25.6 Å². The largest absolute Gasteiger partial charge is 0.392 e. The molecule has 1 fully saturated rings. The lowest BCUT2D eigenvalue weighted by molar-refractivity contribution is 0.0700. The van der Waals surface area contributed by atoms with Crippen molar-refractivity contribution in [2.75, 3.05) is 20.1 Å². The second kappa shape index (κ2) is 6.20. The zero-order valence-corrected chi connectivity index (χ0v) is 14.0. The van der Waals surface area contributed by atoms with Crippen LogP contribution in [0.4, 0.5) is 4.39 Å². The van der Waals surface area contributed by atoms with Crippen LogP contribution in [-0.4, -0.2) is 61.8 Å². The van der Waals surface area contributed by atoms with Crippen molar-refractivity contribution >= 4 is 5.91 Å². The van der Waals surface area contributed by atoms with Gasteiger partial charge in [-0.3, -0.25) is 9.69 Å². The van der Waals surface area contributed by atoms with Crippen molar-refractivity contribution in [3.63, 3.8) is 0 Å². The van der Waals surface area contributed by atoms with Gasteiger partial charge in [-0.1, -0.05) is 12.1 Å². The van der Waals surface area contributed by atoms with Crippen LogP contribution in [0.25, 0.3) is 0 Å². The molecule has 2 aliphatic rings. The van der Waals surface area contributed by atoms with Gasteiger partial charge in [0.1, 0.15) is 5.82 Å². The number of hydrogen-bond donors (Lipinski definition) is 1. The van der Waals surface area contributed by atoms with E-state index >= 15 is 0 Å². The Balaban J connectivity index is 1.55. The number of carbonyl (C=O) groups excluding carboxylic acids is 1. The second-order valence-electron chi connectivity index (χ2n) is 6.68. The zero-order valence-electron chi connectivity index (χ0n) is 14.0. The number of hydrogen-bond acceptors (Lipinski definition) is 5. The third-order valence-corrected chi connectivity index (χ3v) is 5.00. The fourth-order valence-electron chi connectivity index (χ4n) is 3.68. The average molecular weight is 345 g/mol. The second-order valence-corrected chi connectivity index (χ2v) is 6.68. The van der Waals surface area contributed by atoms with E-state index in [9.17, 15) is 14.3 Å². The molecule has 1 aromatic heterocycles. The molecule has 0 radical (unpaired) electrons. The number of amides is 1. The van der Waals surface area contributed by atoms with Crippen LogP contribution in [0.15, 0.2) is 24.3 Å². The number of carbonyl (C=O) groups is 1. The van der Waals surface area contributed by atoms with E-state index in [2.05, 4.69) is 15.1 Å². The number of fused-ring (bicyclic) bond motifs is 1. The molecule has 1 amide bonds. The van der Waals surface area contributed by atoms with Crippen LogP contribution in [0.3, 0.4) is 0 Å². The van der Waals surface area contributed by atoms with E-state index in [0.717, 1.165) is 5.82 Å². The van der Waals surface area contributed by atoms with Crippen LogP contribution in [0.5, 0.6) is 0 Å². The predicted octanol–water partition coefficient (Wildman–Crippen LogP) is 0.811. The predicted molar refractivity (Wildman–Crippen MR) is 87.2 cm³/mol. The molecule has 8 heteroatoms. The molecule has 0 saturated carbocycles. The topological polar surface area (TPSA) is 74.5 Å². The highest BCUT2D eigenvalue weighted by molar-refractivity contribution is 5.94. The van der Waals surface area contributed by atoms with Crippen molar-refractivity contribution in [1.29, 1.82) is 0 Å². The lowest BCUT2D eigenvalue weighted by atomic mass is 10.1. The van der Waals surface area contributed by atoms with E-state index in [-0.39, 0.29) is 23.6 Å². The van der Waals surface area contributed by atoms with Gasteiger partial charge < -0.3 is 14.6 Å². The van der Waals surface area contributed by atoms with Gasteiger partial charge in [0.05, 0.1) is 24.3 Å². The van der Waals surface area contributed by atoms with Crippen molar-refractivity contribution in [2.24, 2.45) is 0 Å². The Morgan fingerprint density at radius 2 is 2.08 bits per heavy atom. The highest BCUT2D eigenvalue weighted by Gasteiger charge is 2.35. The minimum absolute atomic E-state index is 0.0325. The molecule has 4 rings (SSSR count). The van der Waals surface area contributed by atoms with Gasteiger partial charge in [0.15, 0.2) is 11.6 Å². The number of benzene rings is 1. The Morgan fingerprint density at radius 1 is 1.28 bits per heavy atom. The van der Waals surface area contributed by atoms with Gasteiger partial charge in [0, 0.05) is 19.6 Å².